The van der Waals surface area contributed by atoms with Crippen LogP contribution in [0.2, 0.25) is 0 Å². The van der Waals surface area contributed by atoms with Gasteiger partial charge in [-0.25, -0.2) is 9.78 Å². The second-order valence-corrected chi connectivity index (χ2v) is 8.17. The number of anilines is 1. The lowest BCUT2D eigenvalue weighted by atomic mass is 10.1. The third kappa shape index (κ3) is 6.61. The van der Waals surface area contributed by atoms with Crippen molar-refractivity contribution in [1.82, 2.24) is 9.88 Å². The Hall–Kier alpha value is -3.27. The molecule has 0 radical (unpaired) electrons. The number of aromatic nitrogens is 1. The number of amides is 1. The normalized spacial score (nSPS) is 16.1. The van der Waals surface area contributed by atoms with Gasteiger partial charge in [-0.2, -0.15) is 0 Å². The molecule has 10 heteroatoms. The summed E-state index contributed by atoms with van der Waals surface area (Å²) >= 11 is 4.26. The standard InChI is InChI=1S/C21H25N5O4S/c1-21(2,3)29-19(27)24-17-7-5-6-16(23-17)13-28-22-12-14-8-10-15(11-9-14)18-25-30-20(31)26(18)4/h5-12,20,31H,13H2,1-4H3,(H,23,24,27)/b22-12-. The minimum atomic E-state index is -0.582. The minimum absolute atomic E-state index is 0.153. The summed E-state index contributed by atoms with van der Waals surface area (Å²) in [6.45, 7) is 5.54. The maximum Gasteiger partial charge on any atom is 0.413 e. The Balaban J connectivity index is 1.50. The van der Waals surface area contributed by atoms with Gasteiger partial charge in [-0.1, -0.05) is 40.6 Å². The number of oxime groups is 2. The zero-order valence-electron chi connectivity index (χ0n) is 17.8. The molecule has 2 heterocycles. The van der Waals surface area contributed by atoms with Crippen LogP contribution in [0.15, 0.2) is 52.8 Å². The molecule has 1 atom stereocenters. The van der Waals surface area contributed by atoms with Crippen LogP contribution in [0.1, 0.15) is 37.6 Å². The van der Waals surface area contributed by atoms with Gasteiger partial charge in [0.25, 0.3) is 0 Å². The number of thiol groups is 1. The molecular weight excluding hydrogens is 418 g/mol. The molecule has 0 saturated heterocycles. The Bertz CT molecular complexity index is 972. The number of rotatable bonds is 6. The Kier molecular flexibility index (Phi) is 7.01. The van der Waals surface area contributed by atoms with E-state index in [2.05, 4.69) is 33.2 Å². The van der Waals surface area contributed by atoms with Gasteiger partial charge in [0, 0.05) is 12.6 Å². The lowest BCUT2D eigenvalue weighted by Crippen LogP contribution is -2.28. The zero-order chi connectivity index (χ0) is 22.4. The molecular formula is C21H25N5O4S. The average molecular weight is 444 g/mol. The van der Waals surface area contributed by atoms with Crippen LogP contribution < -0.4 is 5.32 Å². The molecule has 0 fully saturated rings. The van der Waals surface area contributed by atoms with Crippen LogP contribution >= 0.6 is 12.6 Å². The van der Waals surface area contributed by atoms with Crippen molar-refractivity contribution in [3.8, 4) is 0 Å². The van der Waals surface area contributed by atoms with Crippen LogP contribution in [-0.2, 0) is 21.0 Å². The summed E-state index contributed by atoms with van der Waals surface area (Å²) in [7, 11) is 1.86. The first-order chi connectivity index (χ1) is 14.7. The maximum atomic E-state index is 11.8. The van der Waals surface area contributed by atoms with E-state index in [0.717, 1.165) is 11.1 Å². The number of amidine groups is 1. The molecule has 0 aliphatic carbocycles. The first-order valence-electron chi connectivity index (χ1n) is 9.58. The molecule has 1 aliphatic heterocycles. The molecule has 31 heavy (non-hydrogen) atoms. The topological polar surface area (TPSA) is 97.6 Å². The summed E-state index contributed by atoms with van der Waals surface area (Å²) in [6, 6.07) is 12.8. The molecule has 164 valence electrons. The summed E-state index contributed by atoms with van der Waals surface area (Å²) in [6.07, 6.45) is 1.04. The molecule has 1 aromatic carbocycles. The van der Waals surface area contributed by atoms with Crippen LogP contribution in [0.3, 0.4) is 0 Å². The summed E-state index contributed by atoms with van der Waals surface area (Å²) in [5, 5.41) is 10.6. The quantitative estimate of drug-likeness (QED) is 0.400. The number of nitrogens with zero attached hydrogens (tertiary/aromatic N) is 4. The van der Waals surface area contributed by atoms with Crippen LogP contribution in [0.4, 0.5) is 10.6 Å². The number of nitrogens with one attached hydrogen (secondary N) is 1. The van der Waals surface area contributed by atoms with Crippen LogP contribution in [0, 0.1) is 0 Å². The van der Waals surface area contributed by atoms with E-state index in [-0.39, 0.29) is 12.2 Å². The molecule has 1 aliphatic rings. The highest BCUT2D eigenvalue weighted by Crippen LogP contribution is 2.18. The fraction of sp³-hybridized carbons (Fsp3) is 0.333. The lowest BCUT2D eigenvalue weighted by Gasteiger charge is -2.19. The van der Waals surface area contributed by atoms with Crippen molar-refractivity contribution in [2.45, 2.75) is 38.5 Å². The van der Waals surface area contributed by atoms with E-state index in [9.17, 15) is 4.79 Å². The van der Waals surface area contributed by atoms with Gasteiger partial charge in [-0.3, -0.25) is 5.32 Å². The predicted octanol–water partition coefficient (Wildman–Crippen LogP) is 3.82. The highest BCUT2D eigenvalue weighted by molar-refractivity contribution is 7.80. The highest BCUT2D eigenvalue weighted by Gasteiger charge is 2.24. The van der Waals surface area contributed by atoms with E-state index in [0.29, 0.717) is 17.3 Å². The molecule has 1 N–H and O–H groups in total. The van der Waals surface area contributed by atoms with Crippen molar-refractivity contribution in [1.29, 1.82) is 0 Å². The Morgan fingerprint density at radius 2 is 2.03 bits per heavy atom. The second kappa shape index (κ2) is 9.69. The van der Waals surface area contributed by atoms with E-state index in [1.165, 1.54) is 0 Å². The van der Waals surface area contributed by atoms with Crippen molar-refractivity contribution in [3.63, 3.8) is 0 Å². The molecule has 0 bridgehead atoms. The molecule has 2 aromatic rings. The zero-order valence-corrected chi connectivity index (χ0v) is 18.7. The molecule has 1 unspecified atom stereocenters. The summed E-state index contributed by atoms with van der Waals surface area (Å²) in [5.41, 5.74) is 1.43. The van der Waals surface area contributed by atoms with Gasteiger partial charge >= 0.3 is 6.09 Å². The van der Waals surface area contributed by atoms with E-state index < -0.39 is 11.7 Å². The minimum Gasteiger partial charge on any atom is -0.444 e. The van der Waals surface area contributed by atoms with Crippen LogP contribution in [0.5, 0.6) is 0 Å². The Labute approximate surface area is 186 Å². The third-order valence-electron chi connectivity index (χ3n) is 3.99. The number of benzene rings is 1. The van der Waals surface area contributed by atoms with Crippen molar-refractivity contribution in [2.24, 2.45) is 10.3 Å². The van der Waals surface area contributed by atoms with Gasteiger partial charge in [0.15, 0.2) is 12.4 Å². The number of ether oxygens (including phenoxy) is 1. The number of hydrogen-bond acceptors (Lipinski definition) is 9. The Morgan fingerprint density at radius 1 is 1.29 bits per heavy atom. The maximum absolute atomic E-state index is 11.8. The van der Waals surface area contributed by atoms with E-state index in [4.69, 9.17) is 14.4 Å². The van der Waals surface area contributed by atoms with Gasteiger partial charge in [-0.05, 0) is 38.5 Å². The third-order valence-corrected chi connectivity index (χ3v) is 4.43. The van der Waals surface area contributed by atoms with E-state index >= 15 is 0 Å². The lowest BCUT2D eigenvalue weighted by molar-refractivity contribution is 0.0635. The van der Waals surface area contributed by atoms with Crippen LogP contribution in [0.25, 0.3) is 0 Å². The Morgan fingerprint density at radius 3 is 2.68 bits per heavy atom. The van der Waals surface area contributed by atoms with Gasteiger partial charge in [0.05, 0.1) is 11.9 Å². The number of carbonyl (C=O) groups is 1. The van der Waals surface area contributed by atoms with Crippen molar-refractivity contribution < 1.29 is 19.2 Å². The second-order valence-electron chi connectivity index (χ2n) is 7.73. The first kappa shape index (κ1) is 22.4. The van der Waals surface area contributed by atoms with Crippen molar-refractivity contribution in [3.05, 3.63) is 59.3 Å². The number of hydrogen-bond donors (Lipinski definition) is 2. The summed E-state index contributed by atoms with van der Waals surface area (Å²) in [5.74, 6) is 1.09. The fourth-order valence-electron chi connectivity index (χ4n) is 2.55. The summed E-state index contributed by atoms with van der Waals surface area (Å²) in [4.78, 5) is 28.4. The average Bonchev–Trinajstić information content (AvgIpc) is 3.03. The van der Waals surface area contributed by atoms with Gasteiger partial charge < -0.3 is 19.3 Å². The largest absolute Gasteiger partial charge is 0.444 e. The summed E-state index contributed by atoms with van der Waals surface area (Å²) < 4.78 is 5.22. The molecule has 1 aromatic heterocycles. The molecule has 3 rings (SSSR count). The molecule has 1 amide bonds. The predicted molar refractivity (Wildman–Crippen MR) is 121 cm³/mol. The number of carbonyl (C=O) groups excluding carboxylic acids is 1. The molecule has 9 nitrogen and oxygen atoms in total. The van der Waals surface area contributed by atoms with Crippen molar-refractivity contribution in [2.75, 3.05) is 12.4 Å². The first-order valence-corrected chi connectivity index (χ1v) is 10.1. The van der Waals surface area contributed by atoms with Crippen molar-refractivity contribution >= 4 is 36.6 Å². The van der Waals surface area contributed by atoms with Crippen LogP contribution in [-0.4, -0.2) is 46.2 Å². The molecule has 0 spiro atoms. The monoisotopic (exact) mass is 443 g/mol. The van der Waals surface area contributed by atoms with Gasteiger partial charge in [0.1, 0.15) is 11.4 Å². The van der Waals surface area contributed by atoms with E-state index in [1.54, 1.807) is 45.2 Å². The van der Waals surface area contributed by atoms with Gasteiger partial charge in [0.2, 0.25) is 5.56 Å². The van der Waals surface area contributed by atoms with E-state index in [1.807, 2.05) is 36.2 Å². The number of pyridine rings is 1. The highest BCUT2D eigenvalue weighted by atomic mass is 32.1. The SMILES string of the molecule is CN1C(c2ccc(/C=N\OCc3cccc(NC(=O)OC(C)(C)C)n3)cc2)=NOC1S. The smallest absolute Gasteiger partial charge is 0.413 e. The fourth-order valence-corrected chi connectivity index (χ4v) is 2.71. The van der Waals surface area contributed by atoms with Gasteiger partial charge in [-0.15, -0.1) is 12.6 Å². The molecule has 0 saturated carbocycles.